The minimum absolute atomic E-state index is 0.0314. The van der Waals surface area contributed by atoms with Gasteiger partial charge in [0.05, 0.1) is 0 Å². The van der Waals surface area contributed by atoms with Gasteiger partial charge in [-0.2, -0.15) is 0 Å². The first kappa shape index (κ1) is 14.0. The molecule has 0 spiro atoms. The van der Waals surface area contributed by atoms with E-state index < -0.39 is 0 Å². The Bertz CT molecular complexity index is 527. The van der Waals surface area contributed by atoms with Crippen LogP contribution in [0.1, 0.15) is 18.4 Å². The predicted molar refractivity (Wildman–Crippen MR) is 76.6 cm³/mol. The summed E-state index contributed by atoms with van der Waals surface area (Å²) in [6.45, 7) is 2.44. The summed E-state index contributed by atoms with van der Waals surface area (Å²) in [7, 11) is 0. The highest BCUT2D eigenvalue weighted by atomic mass is 16.7. The van der Waals surface area contributed by atoms with Crippen LogP contribution in [0.5, 0.6) is 17.2 Å². The molecule has 0 saturated carbocycles. The molecule has 0 atom stereocenters. The predicted octanol–water partition coefficient (Wildman–Crippen LogP) is 0.918. The summed E-state index contributed by atoms with van der Waals surface area (Å²) in [4.78, 5) is 13.9. The van der Waals surface area contributed by atoms with Gasteiger partial charge in [-0.05, 0) is 37.4 Å². The standard InChI is InChI=1S/C15H20N2O4/c16-4-3-11-7-13-14(21-10-20-13)8-12(11)19-9-15(18)17-5-1-2-6-17/h7-8H,1-6,9-10,16H2. The zero-order valence-electron chi connectivity index (χ0n) is 12.0. The molecule has 0 aliphatic carbocycles. The van der Waals surface area contributed by atoms with E-state index in [-0.39, 0.29) is 19.3 Å². The molecule has 6 nitrogen and oxygen atoms in total. The first-order valence-corrected chi connectivity index (χ1v) is 7.31. The van der Waals surface area contributed by atoms with Crippen molar-refractivity contribution in [2.75, 3.05) is 33.0 Å². The zero-order valence-corrected chi connectivity index (χ0v) is 12.0. The number of rotatable bonds is 5. The van der Waals surface area contributed by atoms with E-state index in [9.17, 15) is 4.79 Å². The summed E-state index contributed by atoms with van der Waals surface area (Å²) >= 11 is 0. The SMILES string of the molecule is NCCc1cc2c(cc1OCC(=O)N1CCCC1)OCO2. The van der Waals surface area contributed by atoms with Crippen LogP contribution in [0.4, 0.5) is 0 Å². The van der Waals surface area contributed by atoms with Crippen molar-refractivity contribution >= 4 is 5.91 Å². The van der Waals surface area contributed by atoms with Gasteiger partial charge >= 0.3 is 0 Å². The van der Waals surface area contributed by atoms with E-state index in [1.807, 2.05) is 11.0 Å². The van der Waals surface area contributed by atoms with Crippen molar-refractivity contribution in [3.63, 3.8) is 0 Å². The molecular weight excluding hydrogens is 272 g/mol. The summed E-state index contributed by atoms with van der Waals surface area (Å²) in [6.07, 6.45) is 2.83. The van der Waals surface area contributed by atoms with Crippen LogP contribution >= 0.6 is 0 Å². The van der Waals surface area contributed by atoms with Crippen molar-refractivity contribution in [2.45, 2.75) is 19.3 Å². The maximum absolute atomic E-state index is 12.0. The molecule has 2 heterocycles. The first-order chi connectivity index (χ1) is 10.3. The number of likely N-dealkylation sites (tertiary alicyclic amines) is 1. The lowest BCUT2D eigenvalue weighted by Crippen LogP contribution is -2.32. The maximum Gasteiger partial charge on any atom is 0.260 e. The third-order valence-corrected chi connectivity index (χ3v) is 3.78. The number of hydrogen-bond acceptors (Lipinski definition) is 5. The molecule has 3 rings (SSSR count). The Morgan fingerprint density at radius 1 is 1.24 bits per heavy atom. The van der Waals surface area contributed by atoms with Crippen molar-refractivity contribution in [3.05, 3.63) is 17.7 Å². The summed E-state index contributed by atoms with van der Waals surface area (Å²) in [5.41, 5.74) is 6.57. The minimum Gasteiger partial charge on any atom is -0.483 e. The molecule has 2 aliphatic heterocycles. The van der Waals surface area contributed by atoms with Crippen molar-refractivity contribution < 1.29 is 19.0 Å². The molecule has 1 aromatic carbocycles. The Morgan fingerprint density at radius 2 is 1.95 bits per heavy atom. The Kier molecular flexibility index (Phi) is 4.15. The number of fused-ring (bicyclic) bond motifs is 1. The average molecular weight is 292 g/mol. The van der Waals surface area contributed by atoms with E-state index >= 15 is 0 Å². The minimum atomic E-state index is 0.0314. The van der Waals surface area contributed by atoms with Crippen molar-refractivity contribution in [1.29, 1.82) is 0 Å². The summed E-state index contributed by atoms with van der Waals surface area (Å²) in [5, 5.41) is 0. The fourth-order valence-corrected chi connectivity index (χ4v) is 2.65. The molecule has 1 amide bonds. The second-order valence-corrected chi connectivity index (χ2v) is 5.23. The molecule has 1 aromatic rings. The molecule has 2 aliphatic rings. The van der Waals surface area contributed by atoms with Crippen LogP contribution in [0.25, 0.3) is 0 Å². The number of nitrogens with zero attached hydrogens (tertiary/aromatic N) is 1. The van der Waals surface area contributed by atoms with E-state index in [0.29, 0.717) is 30.2 Å². The number of benzene rings is 1. The lowest BCUT2D eigenvalue weighted by atomic mass is 10.1. The van der Waals surface area contributed by atoms with Crippen molar-refractivity contribution in [3.8, 4) is 17.2 Å². The fraction of sp³-hybridized carbons (Fsp3) is 0.533. The lowest BCUT2D eigenvalue weighted by Gasteiger charge is -2.17. The van der Waals surface area contributed by atoms with Gasteiger partial charge in [-0.15, -0.1) is 0 Å². The van der Waals surface area contributed by atoms with Crippen molar-refractivity contribution in [1.82, 2.24) is 4.90 Å². The first-order valence-electron chi connectivity index (χ1n) is 7.31. The molecule has 0 bridgehead atoms. The van der Waals surface area contributed by atoms with Gasteiger partial charge in [0.15, 0.2) is 18.1 Å². The molecular formula is C15H20N2O4. The molecule has 114 valence electrons. The monoisotopic (exact) mass is 292 g/mol. The molecule has 1 fully saturated rings. The molecule has 6 heteroatoms. The summed E-state index contributed by atoms with van der Waals surface area (Å²) in [5.74, 6) is 2.04. The third kappa shape index (κ3) is 3.05. The summed E-state index contributed by atoms with van der Waals surface area (Å²) in [6, 6.07) is 3.66. The van der Waals surface area contributed by atoms with Gasteiger partial charge < -0.3 is 24.8 Å². The quantitative estimate of drug-likeness (QED) is 0.873. The van der Waals surface area contributed by atoms with E-state index in [0.717, 1.165) is 31.5 Å². The lowest BCUT2D eigenvalue weighted by molar-refractivity contribution is -0.132. The van der Waals surface area contributed by atoms with Gasteiger partial charge in [0, 0.05) is 19.2 Å². The molecule has 1 saturated heterocycles. The fourth-order valence-electron chi connectivity index (χ4n) is 2.65. The van der Waals surface area contributed by atoms with Crippen LogP contribution in [0.15, 0.2) is 12.1 Å². The van der Waals surface area contributed by atoms with Gasteiger partial charge in [0.25, 0.3) is 5.91 Å². The third-order valence-electron chi connectivity index (χ3n) is 3.78. The number of nitrogens with two attached hydrogens (primary N) is 1. The molecule has 0 aromatic heterocycles. The van der Waals surface area contributed by atoms with E-state index in [1.54, 1.807) is 6.07 Å². The van der Waals surface area contributed by atoms with Crippen LogP contribution in [-0.2, 0) is 11.2 Å². The average Bonchev–Trinajstić information content (AvgIpc) is 3.15. The second kappa shape index (κ2) is 6.22. The molecule has 0 unspecified atom stereocenters. The van der Waals surface area contributed by atoms with Gasteiger partial charge in [0.1, 0.15) is 5.75 Å². The highest BCUT2D eigenvalue weighted by Crippen LogP contribution is 2.38. The van der Waals surface area contributed by atoms with Crippen LogP contribution in [0.3, 0.4) is 0 Å². The molecule has 21 heavy (non-hydrogen) atoms. The van der Waals surface area contributed by atoms with E-state index in [2.05, 4.69) is 0 Å². The number of amides is 1. The van der Waals surface area contributed by atoms with Gasteiger partial charge in [0.2, 0.25) is 6.79 Å². The topological polar surface area (TPSA) is 74.0 Å². The van der Waals surface area contributed by atoms with Gasteiger partial charge in [-0.1, -0.05) is 0 Å². The normalized spacial score (nSPS) is 16.3. The van der Waals surface area contributed by atoms with Crippen molar-refractivity contribution in [2.24, 2.45) is 5.73 Å². The Morgan fingerprint density at radius 3 is 2.67 bits per heavy atom. The van der Waals surface area contributed by atoms with Gasteiger partial charge in [-0.25, -0.2) is 0 Å². The number of carbonyl (C=O) groups excluding carboxylic acids is 1. The Hall–Kier alpha value is -1.95. The smallest absolute Gasteiger partial charge is 0.260 e. The van der Waals surface area contributed by atoms with Crippen LogP contribution < -0.4 is 19.9 Å². The molecule has 0 radical (unpaired) electrons. The Balaban J connectivity index is 1.70. The van der Waals surface area contributed by atoms with E-state index in [1.165, 1.54) is 0 Å². The van der Waals surface area contributed by atoms with Gasteiger partial charge in [-0.3, -0.25) is 4.79 Å². The number of carbonyl (C=O) groups is 1. The van der Waals surface area contributed by atoms with Crippen LogP contribution in [0.2, 0.25) is 0 Å². The number of ether oxygens (including phenoxy) is 3. The maximum atomic E-state index is 12.0. The van der Waals surface area contributed by atoms with E-state index in [4.69, 9.17) is 19.9 Å². The second-order valence-electron chi connectivity index (χ2n) is 5.23. The largest absolute Gasteiger partial charge is 0.483 e. The zero-order chi connectivity index (χ0) is 14.7. The summed E-state index contributed by atoms with van der Waals surface area (Å²) < 4.78 is 16.4. The number of hydrogen-bond donors (Lipinski definition) is 1. The molecule has 2 N–H and O–H groups in total. The highest BCUT2D eigenvalue weighted by Gasteiger charge is 2.21. The van der Waals surface area contributed by atoms with Crippen LogP contribution in [-0.4, -0.2) is 43.8 Å². The Labute approximate surface area is 123 Å². The highest BCUT2D eigenvalue weighted by molar-refractivity contribution is 5.78. The van der Waals surface area contributed by atoms with Crippen LogP contribution in [0, 0.1) is 0 Å².